The molecule has 2 aliphatic heterocycles. The summed E-state index contributed by atoms with van der Waals surface area (Å²) >= 11 is 0. The van der Waals surface area contributed by atoms with E-state index < -0.39 is 0 Å². The van der Waals surface area contributed by atoms with E-state index in [-0.39, 0.29) is 0 Å². The maximum atomic E-state index is 5.81. The maximum absolute atomic E-state index is 5.81. The van der Waals surface area contributed by atoms with Crippen LogP contribution in [0.15, 0.2) is 0 Å². The third-order valence-electron chi connectivity index (χ3n) is 3.88. The van der Waals surface area contributed by atoms with Crippen LogP contribution in [0, 0.1) is 0 Å². The molecule has 2 fully saturated rings. The lowest BCUT2D eigenvalue weighted by Crippen LogP contribution is -2.37. The summed E-state index contributed by atoms with van der Waals surface area (Å²) in [5.74, 6) is 0. The van der Waals surface area contributed by atoms with E-state index in [1.165, 1.54) is 45.2 Å². The molecule has 2 heterocycles. The van der Waals surface area contributed by atoms with Crippen LogP contribution in [-0.4, -0.2) is 49.8 Å². The summed E-state index contributed by atoms with van der Waals surface area (Å²) in [5, 5.41) is 3.62. The quantitative estimate of drug-likeness (QED) is 0.791. The number of ether oxygens (including phenoxy) is 1. The average Bonchev–Trinajstić information content (AvgIpc) is 2.56. The monoisotopic (exact) mass is 226 g/mol. The van der Waals surface area contributed by atoms with Crippen LogP contribution in [0.3, 0.4) is 0 Å². The van der Waals surface area contributed by atoms with Gasteiger partial charge in [0.25, 0.3) is 0 Å². The summed E-state index contributed by atoms with van der Waals surface area (Å²) < 4.78 is 5.81. The lowest BCUT2D eigenvalue weighted by molar-refractivity contribution is -0.00469. The lowest BCUT2D eigenvalue weighted by Gasteiger charge is -2.28. The Morgan fingerprint density at radius 2 is 2.19 bits per heavy atom. The number of hydrogen-bond acceptors (Lipinski definition) is 3. The van der Waals surface area contributed by atoms with E-state index in [0.29, 0.717) is 6.10 Å². The normalized spacial score (nSPS) is 33.6. The van der Waals surface area contributed by atoms with Crippen molar-refractivity contribution in [2.75, 3.05) is 32.8 Å². The number of hydrogen-bond donors (Lipinski definition) is 1. The van der Waals surface area contributed by atoms with Gasteiger partial charge in [-0.15, -0.1) is 0 Å². The molecule has 0 bridgehead atoms. The summed E-state index contributed by atoms with van der Waals surface area (Å²) in [6, 6.07) is 0.734. The van der Waals surface area contributed by atoms with Gasteiger partial charge in [-0.25, -0.2) is 0 Å². The zero-order valence-corrected chi connectivity index (χ0v) is 10.6. The minimum Gasteiger partial charge on any atom is -0.377 e. The first-order chi connectivity index (χ1) is 7.88. The summed E-state index contributed by atoms with van der Waals surface area (Å²) in [6.45, 7) is 7.98. The molecule has 2 saturated heterocycles. The molecule has 3 nitrogen and oxygen atoms in total. The van der Waals surface area contributed by atoms with E-state index in [4.69, 9.17) is 4.74 Å². The lowest BCUT2D eigenvalue weighted by atomic mass is 10.1. The van der Waals surface area contributed by atoms with Crippen molar-refractivity contribution in [1.82, 2.24) is 10.2 Å². The van der Waals surface area contributed by atoms with Crippen molar-refractivity contribution in [2.45, 2.75) is 51.2 Å². The van der Waals surface area contributed by atoms with Crippen LogP contribution >= 0.6 is 0 Å². The van der Waals surface area contributed by atoms with E-state index in [2.05, 4.69) is 17.1 Å². The standard InChI is InChI=1S/C13H26N2O/c1-2-12-6-8-15(9-7-14-12)11-13-5-3-4-10-16-13/h12-14H,2-11H2,1H3. The highest BCUT2D eigenvalue weighted by molar-refractivity contribution is 4.76. The first-order valence-electron chi connectivity index (χ1n) is 6.96. The molecule has 2 aliphatic rings. The number of rotatable bonds is 3. The molecule has 2 atom stereocenters. The highest BCUT2D eigenvalue weighted by Gasteiger charge is 2.20. The van der Waals surface area contributed by atoms with Gasteiger partial charge in [0.1, 0.15) is 0 Å². The van der Waals surface area contributed by atoms with Crippen LogP contribution in [0.25, 0.3) is 0 Å². The van der Waals surface area contributed by atoms with Crippen molar-refractivity contribution in [1.29, 1.82) is 0 Å². The van der Waals surface area contributed by atoms with Crippen LogP contribution in [0.1, 0.15) is 39.0 Å². The number of nitrogens with one attached hydrogen (secondary N) is 1. The van der Waals surface area contributed by atoms with Crippen LogP contribution in [0.4, 0.5) is 0 Å². The van der Waals surface area contributed by atoms with Gasteiger partial charge in [-0.3, -0.25) is 4.90 Å². The van der Waals surface area contributed by atoms with Gasteiger partial charge in [0.15, 0.2) is 0 Å². The fourth-order valence-electron chi connectivity index (χ4n) is 2.75. The molecule has 2 rings (SSSR count). The summed E-state index contributed by atoms with van der Waals surface area (Å²) in [5.41, 5.74) is 0. The molecule has 0 aromatic rings. The van der Waals surface area contributed by atoms with Crippen LogP contribution in [0.2, 0.25) is 0 Å². The van der Waals surface area contributed by atoms with Crippen LogP contribution in [0.5, 0.6) is 0 Å². The second-order valence-electron chi connectivity index (χ2n) is 5.14. The second-order valence-corrected chi connectivity index (χ2v) is 5.14. The fraction of sp³-hybridized carbons (Fsp3) is 1.00. The maximum Gasteiger partial charge on any atom is 0.0702 e. The van der Waals surface area contributed by atoms with E-state index in [1.54, 1.807) is 0 Å². The third-order valence-corrected chi connectivity index (χ3v) is 3.88. The Morgan fingerprint density at radius 1 is 1.25 bits per heavy atom. The van der Waals surface area contributed by atoms with Gasteiger partial charge in [0.2, 0.25) is 0 Å². The topological polar surface area (TPSA) is 24.5 Å². The van der Waals surface area contributed by atoms with Gasteiger partial charge >= 0.3 is 0 Å². The minimum absolute atomic E-state index is 0.506. The minimum atomic E-state index is 0.506. The Labute approximate surface area is 99.5 Å². The van der Waals surface area contributed by atoms with Crippen molar-refractivity contribution in [2.24, 2.45) is 0 Å². The van der Waals surface area contributed by atoms with Gasteiger partial charge in [0, 0.05) is 32.3 Å². The summed E-state index contributed by atoms with van der Waals surface area (Å²) in [6.07, 6.45) is 6.94. The first kappa shape index (κ1) is 12.3. The Hall–Kier alpha value is -0.120. The average molecular weight is 226 g/mol. The van der Waals surface area contributed by atoms with Crippen molar-refractivity contribution < 1.29 is 4.74 Å². The third kappa shape index (κ3) is 3.72. The molecular weight excluding hydrogens is 200 g/mol. The molecule has 94 valence electrons. The molecule has 3 heteroatoms. The molecule has 0 saturated carbocycles. The van der Waals surface area contributed by atoms with Crippen molar-refractivity contribution in [3.63, 3.8) is 0 Å². The molecule has 0 spiro atoms. The summed E-state index contributed by atoms with van der Waals surface area (Å²) in [4.78, 5) is 2.58. The fourth-order valence-corrected chi connectivity index (χ4v) is 2.75. The second kappa shape index (κ2) is 6.58. The predicted molar refractivity (Wildman–Crippen MR) is 66.7 cm³/mol. The Balaban J connectivity index is 1.72. The Kier molecular flexibility index (Phi) is 5.07. The van der Waals surface area contributed by atoms with Crippen molar-refractivity contribution >= 4 is 0 Å². The van der Waals surface area contributed by atoms with Gasteiger partial charge in [-0.05, 0) is 38.6 Å². The predicted octanol–water partition coefficient (Wildman–Crippen LogP) is 1.63. The molecule has 1 N–H and O–H groups in total. The van der Waals surface area contributed by atoms with Crippen molar-refractivity contribution in [3.8, 4) is 0 Å². The largest absolute Gasteiger partial charge is 0.377 e. The zero-order valence-electron chi connectivity index (χ0n) is 10.6. The first-order valence-corrected chi connectivity index (χ1v) is 6.96. The molecule has 0 aromatic heterocycles. The van der Waals surface area contributed by atoms with Crippen LogP contribution in [-0.2, 0) is 4.74 Å². The number of nitrogens with zero attached hydrogens (tertiary/aromatic N) is 1. The Bertz CT molecular complexity index is 192. The molecular formula is C13H26N2O. The molecule has 0 aromatic carbocycles. The zero-order chi connectivity index (χ0) is 11.2. The van der Waals surface area contributed by atoms with Gasteiger partial charge in [-0.2, -0.15) is 0 Å². The van der Waals surface area contributed by atoms with Gasteiger partial charge in [0.05, 0.1) is 6.10 Å². The molecule has 0 aliphatic carbocycles. The van der Waals surface area contributed by atoms with E-state index >= 15 is 0 Å². The van der Waals surface area contributed by atoms with E-state index in [1.807, 2.05) is 0 Å². The van der Waals surface area contributed by atoms with Gasteiger partial charge in [-0.1, -0.05) is 6.92 Å². The highest BCUT2D eigenvalue weighted by Crippen LogP contribution is 2.15. The smallest absolute Gasteiger partial charge is 0.0702 e. The molecule has 16 heavy (non-hydrogen) atoms. The van der Waals surface area contributed by atoms with Crippen molar-refractivity contribution in [3.05, 3.63) is 0 Å². The SMILES string of the molecule is CCC1CCN(CC2CCCCO2)CCN1. The van der Waals surface area contributed by atoms with E-state index in [0.717, 1.165) is 25.7 Å². The molecule has 0 amide bonds. The van der Waals surface area contributed by atoms with Crippen LogP contribution < -0.4 is 5.32 Å². The van der Waals surface area contributed by atoms with E-state index in [9.17, 15) is 0 Å². The highest BCUT2D eigenvalue weighted by atomic mass is 16.5. The molecule has 0 radical (unpaired) electrons. The van der Waals surface area contributed by atoms with Gasteiger partial charge < -0.3 is 10.1 Å². The summed E-state index contributed by atoms with van der Waals surface area (Å²) in [7, 11) is 0. The molecule has 2 unspecified atom stereocenters. The Morgan fingerprint density at radius 3 is 2.94 bits per heavy atom.